The molecule has 0 bridgehead atoms. The molecular weight excluding hydrogens is 321 g/mol. The van der Waals surface area contributed by atoms with E-state index in [0.717, 1.165) is 11.1 Å². The number of pyridine rings is 1. The van der Waals surface area contributed by atoms with E-state index >= 15 is 0 Å². The molecule has 112 valence electrons. The Morgan fingerprint density at radius 3 is 2.71 bits per heavy atom. The molecule has 21 heavy (non-hydrogen) atoms. The lowest BCUT2D eigenvalue weighted by Gasteiger charge is -2.13. The molecule has 9 heteroatoms. The Balaban J connectivity index is 2.16. The molecule has 0 aromatic carbocycles. The van der Waals surface area contributed by atoms with Gasteiger partial charge in [0.2, 0.25) is 0 Å². The topological polar surface area (TPSA) is 63.8 Å². The maximum absolute atomic E-state index is 12.7. The van der Waals surface area contributed by atoms with Crippen LogP contribution in [0.15, 0.2) is 23.7 Å². The van der Waals surface area contributed by atoms with Crippen molar-refractivity contribution in [3.8, 4) is 0 Å². The van der Waals surface area contributed by atoms with Crippen molar-refractivity contribution in [1.29, 1.82) is 0 Å². The zero-order valence-corrected chi connectivity index (χ0v) is 12.3. The van der Waals surface area contributed by atoms with Gasteiger partial charge in [0, 0.05) is 24.5 Å². The van der Waals surface area contributed by atoms with Crippen LogP contribution in [0, 0.1) is 0 Å². The Morgan fingerprint density at radius 1 is 1.38 bits per heavy atom. The lowest BCUT2D eigenvalue weighted by Crippen LogP contribution is -2.18. The van der Waals surface area contributed by atoms with Gasteiger partial charge in [-0.25, -0.2) is 9.97 Å². The van der Waals surface area contributed by atoms with Gasteiger partial charge in [0.25, 0.3) is 0 Å². The Labute approximate surface area is 128 Å². The third kappa shape index (κ3) is 4.11. The second-order valence-electron chi connectivity index (χ2n) is 4.06. The molecule has 0 fully saturated rings. The number of aromatic nitrogens is 2. The second kappa shape index (κ2) is 6.35. The molecule has 0 saturated heterocycles. The first-order chi connectivity index (χ1) is 9.88. The molecule has 0 atom stereocenters. The predicted octanol–water partition coefficient (Wildman–Crippen LogP) is 2.85. The first-order valence-electron chi connectivity index (χ1n) is 5.88. The largest absolute Gasteiger partial charge is 0.433 e. The van der Waals surface area contributed by atoms with Crippen molar-refractivity contribution in [2.75, 3.05) is 11.9 Å². The van der Waals surface area contributed by atoms with Crippen LogP contribution < -0.4 is 11.1 Å². The van der Waals surface area contributed by atoms with Crippen LogP contribution in [0.25, 0.3) is 0 Å². The van der Waals surface area contributed by atoms with Crippen LogP contribution in [-0.4, -0.2) is 21.5 Å². The molecule has 2 aromatic rings. The van der Waals surface area contributed by atoms with Crippen LogP contribution >= 0.6 is 23.6 Å². The molecule has 0 spiro atoms. The fourth-order valence-electron chi connectivity index (χ4n) is 1.61. The number of nitrogens with zero attached hydrogens (tertiary/aromatic N) is 2. The molecule has 0 saturated carbocycles. The lowest BCUT2D eigenvalue weighted by atomic mass is 10.2. The van der Waals surface area contributed by atoms with Crippen LogP contribution in [0.1, 0.15) is 16.3 Å². The Kier molecular flexibility index (Phi) is 4.73. The summed E-state index contributed by atoms with van der Waals surface area (Å²) >= 11 is 6.30. The maximum Gasteiger partial charge on any atom is 0.433 e. The first kappa shape index (κ1) is 15.6. The monoisotopic (exact) mass is 332 g/mol. The van der Waals surface area contributed by atoms with E-state index in [1.807, 2.05) is 5.38 Å². The fourth-order valence-corrected chi connectivity index (χ4v) is 2.40. The van der Waals surface area contributed by atoms with Crippen LogP contribution in [0.2, 0.25) is 0 Å². The van der Waals surface area contributed by atoms with E-state index < -0.39 is 11.9 Å². The van der Waals surface area contributed by atoms with Gasteiger partial charge < -0.3 is 11.1 Å². The SMILES string of the molecule is NC(=S)c1ccc(C(F)(F)F)nc1NCCc1nccs1. The summed E-state index contributed by atoms with van der Waals surface area (Å²) in [6.45, 7) is 0.386. The molecule has 2 aromatic heterocycles. The van der Waals surface area contributed by atoms with Crippen LogP contribution in [0.3, 0.4) is 0 Å². The molecule has 0 unspecified atom stereocenters. The van der Waals surface area contributed by atoms with Crippen molar-refractivity contribution in [3.63, 3.8) is 0 Å². The second-order valence-corrected chi connectivity index (χ2v) is 5.48. The average Bonchev–Trinajstić information content (AvgIpc) is 2.90. The molecule has 2 heterocycles. The van der Waals surface area contributed by atoms with E-state index in [9.17, 15) is 13.2 Å². The number of rotatable bonds is 5. The Hall–Kier alpha value is -1.74. The first-order valence-corrected chi connectivity index (χ1v) is 7.17. The van der Waals surface area contributed by atoms with Gasteiger partial charge in [0.15, 0.2) is 0 Å². The Morgan fingerprint density at radius 2 is 2.14 bits per heavy atom. The summed E-state index contributed by atoms with van der Waals surface area (Å²) in [6.07, 6.45) is -2.27. The number of thiazole rings is 1. The van der Waals surface area contributed by atoms with Crippen molar-refractivity contribution in [1.82, 2.24) is 9.97 Å². The van der Waals surface area contributed by atoms with Gasteiger partial charge in [-0.05, 0) is 12.1 Å². The summed E-state index contributed by atoms with van der Waals surface area (Å²) in [4.78, 5) is 7.65. The lowest BCUT2D eigenvalue weighted by molar-refractivity contribution is -0.141. The number of alkyl halides is 3. The summed E-state index contributed by atoms with van der Waals surface area (Å²) in [5, 5.41) is 5.55. The Bertz CT molecular complexity index is 626. The van der Waals surface area contributed by atoms with E-state index in [-0.39, 0.29) is 16.4 Å². The molecule has 0 amide bonds. The van der Waals surface area contributed by atoms with Crippen molar-refractivity contribution in [3.05, 3.63) is 40.0 Å². The van der Waals surface area contributed by atoms with E-state index in [2.05, 4.69) is 15.3 Å². The number of thiocarbonyl (C=S) groups is 1. The average molecular weight is 332 g/mol. The van der Waals surface area contributed by atoms with Gasteiger partial charge in [0.05, 0.1) is 10.6 Å². The summed E-state index contributed by atoms with van der Waals surface area (Å²) < 4.78 is 38.1. The quantitative estimate of drug-likeness (QED) is 0.825. The van der Waals surface area contributed by atoms with Gasteiger partial charge >= 0.3 is 6.18 Å². The van der Waals surface area contributed by atoms with Gasteiger partial charge in [-0.15, -0.1) is 11.3 Å². The summed E-state index contributed by atoms with van der Waals surface area (Å²) in [5.74, 6) is 0.0360. The van der Waals surface area contributed by atoms with Crippen molar-refractivity contribution in [2.45, 2.75) is 12.6 Å². The van der Waals surface area contributed by atoms with Gasteiger partial charge in [0.1, 0.15) is 16.5 Å². The standard InChI is InChI=1S/C12H11F3N4S2/c13-12(14,15)8-2-1-7(10(16)20)11(19-8)18-4-3-9-17-5-6-21-9/h1-2,5-6H,3-4H2,(H2,16,20)(H,18,19). The number of nitrogens with one attached hydrogen (secondary N) is 1. The maximum atomic E-state index is 12.7. The van der Waals surface area contributed by atoms with Gasteiger partial charge in [-0.1, -0.05) is 12.2 Å². The van der Waals surface area contributed by atoms with Crippen molar-refractivity contribution in [2.24, 2.45) is 5.73 Å². The normalized spacial score (nSPS) is 11.4. The number of nitrogens with two attached hydrogens (primary N) is 1. The summed E-state index contributed by atoms with van der Waals surface area (Å²) in [6, 6.07) is 2.09. The van der Waals surface area contributed by atoms with Crippen LogP contribution in [0.5, 0.6) is 0 Å². The highest BCUT2D eigenvalue weighted by molar-refractivity contribution is 7.80. The zero-order valence-electron chi connectivity index (χ0n) is 10.6. The zero-order chi connectivity index (χ0) is 15.5. The fraction of sp³-hybridized carbons (Fsp3) is 0.250. The van der Waals surface area contributed by atoms with Crippen molar-refractivity contribution < 1.29 is 13.2 Å². The molecule has 0 aliphatic heterocycles. The number of anilines is 1. The molecule has 2 rings (SSSR count). The minimum atomic E-state index is -4.51. The molecule has 4 nitrogen and oxygen atoms in total. The van der Waals surface area contributed by atoms with Crippen molar-refractivity contribution >= 4 is 34.4 Å². The molecule has 0 aliphatic carbocycles. The van der Waals surface area contributed by atoms with E-state index in [4.69, 9.17) is 18.0 Å². The number of hydrogen-bond donors (Lipinski definition) is 2. The highest BCUT2D eigenvalue weighted by atomic mass is 32.1. The van der Waals surface area contributed by atoms with Gasteiger partial charge in [-0.2, -0.15) is 13.2 Å². The molecule has 0 radical (unpaired) electrons. The minimum absolute atomic E-state index is 0.00651. The van der Waals surface area contributed by atoms with Crippen LogP contribution in [0.4, 0.5) is 19.0 Å². The molecular formula is C12H11F3N4S2. The van der Waals surface area contributed by atoms with Crippen LogP contribution in [-0.2, 0) is 12.6 Å². The number of halogens is 3. The predicted molar refractivity (Wildman–Crippen MR) is 79.4 cm³/mol. The van der Waals surface area contributed by atoms with Gasteiger partial charge in [-0.3, -0.25) is 0 Å². The number of hydrogen-bond acceptors (Lipinski definition) is 5. The van der Waals surface area contributed by atoms with E-state index in [1.165, 1.54) is 17.4 Å². The summed E-state index contributed by atoms with van der Waals surface area (Å²) in [5.41, 5.74) is 4.80. The van der Waals surface area contributed by atoms with E-state index in [0.29, 0.717) is 13.0 Å². The highest BCUT2D eigenvalue weighted by Crippen LogP contribution is 2.29. The highest BCUT2D eigenvalue weighted by Gasteiger charge is 2.33. The third-order valence-electron chi connectivity index (χ3n) is 2.57. The van der Waals surface area contributed by atoms with E-state index in [1.54, 1.807) is 6.20 Å². The smallest absolute Gasteiger partial charge is 0.389 e. The molecule has 3 N–H and O–H groups in total. The minimum Gasteiger partial charge on any atom is -0.389 e. The summed E-state index contributed by atoms with van der Waals surface area (Å²) in [7, 11) is 0. The molecule has 0 aliphatic rings. The third-order valence-corrected chi connectivity index (χ3v) is 3.63.